The van der Waals surface area contributed by atoms with E-state index >= 15 is 0 Å². The van der Waals surface area contributed by atoms with E-state index in [-0.39, 0.29) is 17.1 Å². The largest absolute Gasteiger partial charge is 0.493 e. The van der Waals surface area contributed by atoms with E-state index in [2.05, 4.69) is 20.9 Å². The first-order valence-electron chi connectivity index (χ1n) is 8.02. The van der Waals surface area contributed by atoms with E-state index in [1.807, 2.05) is 13.0 Å². The minimum atomic E-state index is -0.311. The average molecular weight is 450 g/mol. The van der Waals surface area contributed by atoms with E-state index < -0.39 is 0 Å². The summed E-state index contributed by atoms with van der Waals surface area (Å²) in [5.41, 5.74) is 0.487. The van der Waals surface area contributed by atoms with Crippen molar-refractivity contribution in [2.75, 3.05) is 13.7 Å². The maximum Gasteiger partial charge on any atom is 0.266 e. The van der Waals surface area contributed by atoms with Crippen molar-refractivity contribution in [3.63, 3.8) is 0 Å². The zero-order valence-corrected chi connectivity index (χ0v) is 17.0. The number of methoxy groups -OCH3 is 1. The number of ketones is 1. The fraction of sp³-hybridized carbons (Fsp3) is 0.158. The van der Waals surface area contributed by atoms with E-state index in [0.29, 0.717) is 27.3 Å². The van der Waals surface area contributed by atoms with Crippen LogP contribution < -0.4 is 24.2 Å². The molecule has 27 heavy (non-hydrogen) atoms. The Kier molecular flexibility index (Phi) is 5.98. The van der Waals surface area contributed by atoms with Gasteiger partial charge in [-0.3, -0.25) is 9.59 Å². The van der Waals surface area contributed by atoms with Crippen molar-refractivity contribution < 1.29 is 18.7 Å². The molecule has 0 aliphatic heterocycles. The molecule has 3 aromatic rings. The van der Waals surface area contributed by atoms with Crippen LogP contribution in [-0.4, -0.2) is 24.5 Å². The summed E-state index contributed by atoms with van der Waals surface area (Å²) in [4.78, 5) is 27.0. The van der Waals surface area contributed by atoms with Crippen LogP contribution in [0.5, 0.6) is 11.5 Å². The number of hydrogen-bond acceptors (Lipinski definition) is 6. The molecular formula is C19H16BrNO5S. The smallest absolute Gasteiger partial charge is 0.266 e. The van der Waals surface area contributed by atoms with Crippen LogP contribution in [0.25, 0.3) is 12.2 Å². The third-order valence-corrected chi connectivity index (χ3v) is 5.10. The first-order valence-corrected chi connectivity index (χ1v) is 9.63. The molecule has 0 aliphatic rings. The van der Waals surface area contributed by atoms with Crippen LogP contribution in [-0.2, 0) is 0 Å². The summed E-state index contributed by atoms with van der Waals surface area (Å²) in [6.45, 7) is 2.39. The number of carbonyl (C=O) groups is 1. The molecule has 0 spiro atoms. The summed E-state index contributed by atoms with van der Waals surface area (Å²) in [6, 6.07) is 6.83. The number of nitrogens with one attached hydrogen (secondary N) is 1. The number of benzene rings is 1. The Balaban J connectivity index is 2.01. The normalized spacial score (nSPS) is 12.4. The highest BCUT2D eigenvalue weighted by atomic mass is 79.9. The summed E-state index contributed by atoms with van der Waals surface area (Å²) in [7, 11) is 1.55. The number of aromatic nitrogens is 1. The van der Waals surface area contributed by atoms with E-state index in [1.165, 1.54) is 23.7 Å². The summed E-state index contributed by atoms with van der Waals surface area (Å²) >= 11 is 4.65. The Morgan fingerprint density at radius 2 is 2.22 bits per heavy atom. The lowest BCUT2D eigenvalue weighted by atomic mass is 10.2. The third kappa shape index (κ3) is 4.40. The quantitative estimate of drug-likeness (QED) is 0.585. The van der Waals surface area contributed by atoms with Gasteiger partial charge in [-0.25, -0.2) is 0 Å². The molecular weight excluding hydrogens is 434 g/mol. The number of carbonyl (C=O) groups excluding carboxylic acids is 1. The Morgan fingerprint density at radius 1 is 1.41 bits per heavy atom. The number of H-pyrrole nitrogens is 1. The van der Waals surface area contributed by atoms with Crippen molar-refractivity contribution in [1.82, 2.24) is 4.98 Å². The number of thiazole rings is 1. The number of rotatable bonds is 6. The number of furan rings is 1. The summed E-state index contributed by atoms with van der Waals surface area (Å²) < 4.78 is 17.6. The van der Waals surface area contributed by atoms with Gasteiger partial charge in [0.05, 0.1) is 33.6 Å². The summed E-state index contributed by atoms with van der Waals surface area (Å²) in [6.07, 6.45) is 4.49. The van der Waals surface area contributed by atoms with Crippen molar-refractivity contribution in [3.05, 3.63) is 65.9 Å². The molecule has 0 atom stereocenters. The minimum absolute atomic E-state index is 0.218. The van der Waals surface area contributed by atoms with Crippen molar-refractivity contribution in [1.29, 1.82) is 0 Å². The Bertz CT molecular complexity index is 1130. The topological polar surface area (TPSA) is 81.5 Å². The first kappa shape index (κ1) is 19.2. The standard InChI is InChI=1S/C19H16BrNO5S/c1-3-25-18-12(20)7-11(8-15(18)24-2)9-16-19(23)21-17(27-16)10-13(22)14-5-4-6-26-14/h4-10H,3H2,1-2H3,(H,21,23)/b16-9-,17-10-. The SMILES string of the molecule is CCOc1c(Br)cc(/C=c2\s/c(=C\C(=O)c3ccco3)[nH]c2=O)cc1OC. The van der Waals surface area contributed by atoms with Gasteiger partial charge >= 0.3 is 0 Å². The molecule has 140 valence electrons. The van der Waals surface area contributed by atoms with Gasteiger partial charge in [-0.2, -0.15) is 0 Å². The number of aromatic amines is 1. The van der Waals surface area contributed by atoms with Gasteiger partial charge in [-0.1, -0.05) is 0 Å². The molecule has 2 aromatic heterocycles. The van der Waals surface area contributed by atoms with Crippen LogP contribution in [0.3, 0.4) is 0 Å². The molecule has 0 fully saturated rings. The lowest BCUT2D eigenvalue weighted by Crippen LogP contribution is -2.20. The minimum Gasteiger partial charge on any atom is -0.493 e. The predicted molar refractivity (Wildman–Crippen MR) is 107 cm³/mol. The van der Waals surface area contributed by atoms with Crippen LogP contribution in [0, 0.1) is 0 Å². The highest BCUT2D eigenvalue weighted by Crippen LogP contribution is 2.36. The number of Topliss-reactive ketones (excluding diaryl/α,β-unsaturated/α-hetero) is 1. The van der Waals surface area contributed by atoms with Crippen molar-refractivity contribution in [2.45, 2.75) is 6.92 Å². The molecule has 2 heterocycles. The van der Waals surface area contributed by atoms with Gasteiger partial charge in [-0.05, 0) is 58.8 Å². The number of ether oxygens (including phenoxy) is 2. The molecule has 0 radical (unpaired) electrons. The molecule has 8 heteroatoms. The van der Waals surface area contributed by atoms with Gasteiger partial charge in [0.2, 0.25) is 5.78 Å². The van der Waals surface area contributed by atoms with Crippen LogP contribution in [0.15, 0.2) is 44.2 Å². The monoisotopic (exact) mass is 449 g/mol. The zero-order chi connectivity index (χ0) is 19.4. The van der Waals surface area contributed by atoms with Gasteiger partial charge in [0.15, 0.2) is 17.3 Å². The third-order valence-electron chi connectivity index (χ3n) is 3.54. The van der Waals surface area contributed by atoms with E-state index in [1.54, 1.807) is 31.4 Å². The molecule has 0 unspecified atom stereocenters. The van der Waals surface area contributed by atoms with Gasteiger partial charge in [0.1, 0.15) is 0 Å². The highest BCUT2D eigenvalue weighted by Gasteiger charge is 2.11. The lowest BCUT2D eigenvalue weighted by molar-refractivity contribution is 0.103. The van der Waals surface area contributed by atoms with Gasteiger partial charge in [0.25, 0.3) is 5.56 Å². The van der Waals surface area contributed by atoms with E-state index in [0.717, 1.165) is 10.0 Å². The van der Waals surface area contributed by atoms with Crippen molar-refractivity contribution in [2.24, 2.45) is 0 Å². The van der Waals surface area contributed by atoms with Crippen LogP contribution >= 0.6 is 27.3 Å². The number of hydrogen-bond donors (Lipinski definition) is 1. The Labute approximate surface area is 166 Å². The summed E-state index contributed by atoms with van der Waals surface area (Å²) in [5, 5.41) is 0. The molecule has 0 bridgehead atoms. The molecule has 3 rings (SSSR count). The fourth-order valence-electron chi connectivity index (χ4n) is 2.39. The second-order valence-electron chi connectivity index (χ2n) is 5.38. The van der Waals surface area contributed by atoms with Gasteiger partial charge in [-0.15, -0.1) is 11.3 Å². The molecule has 1 N–H and O–H groups in total. The average Bonchev–Trinajstić information content (AvgIpc) is 3.28. The predicted octanol–water partition coefficient (Wildman–Crippen LogP) is 2.69. The molecule has 0 saturated carbocycles. The second-order valence-corrected chi connectivity index (χ2v) is 7.32. The Hall–Kier alpha value is -2.58. The maximum absolute atomic E-state index is 12.2. The second kappa shape index (κ2) is 8.41. The number of halogens is 1. The molecule has 0 saturated heterocycles. The fourth-order valence-corrected chi connectivity index (χ4v) is 3.85. The molecule has 0 amide bonds. The van der Waals surface area contributed by atoms with Crippen molar-refractivity contribution in [3.8, 4) is 11.5 Å². The molecule has 1 aromatic carbocycles. The van der Waals surface area contributed by atoms with Crippen LogP contribution in [0.4, 0.5) is 0 Å². The maximum atomic E-state index is 12.2. The van der Waals surface area contributed by atoms with Crippen molar-refractivity contribution >= 4 is 45.2 Å². The van der Waals surface area contributed by atoms with Crippen LogP contribution in [0.2, 0.25) is 0 Å². The van der Waals surface area contributed by atoms with E-state index in [4.69, 9.17) is 13.9 Å². The Morgan fingerprint density at radius 3 is 2.89 bits per heavy atom. The lowest BCUT2D eigenvalue weighted by Gasteiger charge is -2.12. The van der Waals surface area contributed by atoms with Gasteiger partial charge in [0, 0.05) is 6.08 Å². The summed E-state index contributed by atoms with van der Waals surface area (Å²) in [5.74, 6) is 1.07. The molecule has 0 aliphatic carbocycles. The highest BCUT2D eigenvalue weighted by molar-refractivity contribution is 9.10. The molecule has 6 nitrogen and oxygen atoms in total. The van der Waals surface area contributed by atoms with Crippen LogP contribution in [0.1, 0.15) is 23.0 Å². The first-order chi connectivity index (χ1) is 13.0. The van der Waals surface area contributed by atoms with Gasteiger partial charge < -0.3 is 18.9 Å². The zero-order valence-electron chi connectivity index (χ0n) is 14.6. The van der Waals surface area contributed by atoms with E-state index in [9.17, 15) is 9.59 Å².